The van der Waals surface area contributed by atoms with Gasteiger partial charge in [0.1, 0.15) is 11.6 Å². The monoisotopic (exact) mass is 667 g/mol. The lowest BCUT2D eigenvalue weighted by Crippen LogP contribution is -2.52. The Labute approximate surface area is 256 Å². The quantitative estimate of drug-likeness (QED) is 0.104. The Morgan fingerprint density at radius 2 is 1.11 bits per heavy atom. The Morgan fingerprint density at radius 3 is 1.50 bits per heavy atom. The minimum Gasteiger partial charge on any atom is -0.369 e. The second-order valence-electron chi connectivity index (χ2n) is 9.14. The van der Waals surface area contributed by atoms with Crippen molar-refractivity contribution < 1.29 is 36.0 Å². The summed E-state index contributed by atoms with van der Waals surface area (Å²) in [5.74, 6) is -3.96. The third-order valence-electron chi connectivity index (χ3n) is 5.73. The molecule has 0 aliphatic rings. The molecule has 0 bridgehead atoms. The summed E-state index contributed by atoms with van der Waals surface area (Å²) in [6.07, 6.45) is 0.229. The predicted molar refractivity (Wildman–Crippen MR) is 153 cm³/mol. The summed E-state index contributed by atoms with van der Waals surface area (Å²) in [6, 6.07) is 8.92. The molecule has 0 aliphatic carbocycles. The van der Waals surface area contributed by atoms with Crippen molar-refractivity contribution in [2.24, 2.45) is 22.9 Å². The van der Waals surface area contributed by atoms with E-state index < -0.39 is 62.8 Å². The van der Waals surface area contributed by atoms with Gasteiger partial charge in [0.15, 0.2) is 6.04 Å². The second-order valence-corrected chi connectivity index (χ2v) is 13.1. The van der Waals surface area contributed by atoms with Gasteiger partial charge < -0.3 is 22.9 Å². The lowest BCUT2D eigenvalue weighted by atomic mass is 10.1. The van der Waals surface area contributed by atoms with E-state index in [-0.39, 0.29) is 39.6 Å². The highest BCUT2D eigenvalue weighted by Crippen LogP contribution is 2.19. The van der Waals surface area contributed by atoms with Crippen LogP contribution in [0.1, 0.15) is 22.8 Å². The zero-order chi connectivity index (χ0) is 32.8. The summed E-state index contributed by atoms with van der Waals surface area (Å²) in [7, 11) is -8.58. The summed E-state index contributed by atoms with van der Waals surface area (Å²) < 4.78 is 53.3. The lowest BCUT2D eigenvalue weighted by Gasteiger charge is -2.19. The van der Waals surface area contributed by atoms with Gasteiger partial charge in [-0.3, -0.25) is 19.2 Å². The number of primary amides is 4. The first-order valence-corrected chi connectivity index (χ1v) is 15.5. The number of sulfonamides is 2. The fourth-order valence-corrected chi connectivity index (χ4v) is 6.47. The minimum atomic E-state index is -4.31. The molecule has 44 heavy (non-hydrogen) atoms. The molecule has 3 rings (SSSR count). The molecule has 234 valence electrons. The fourth-order valence-electron chi connectivity index (χ4n) is 3.73. The van der Waals surface area contributed by atoms with Gasteiger partial charge in [-0.25, -0.2) is 31.8 Å². The van der Waals surface area contributed by atoms with Crippen LogP contribution in [-0.4, -0.2) is 78.9 Å². The topological polar surface area (TPSA) is 295 Å². The van der Waals surface area contributed by atoms with Crippen molar-refractivity contribution in [3.05, 3.63) is 76.6 Å². The Balaban J connectivity index is 1.75. The fraction of sp³-hybridized carbons (Fsp3) is 0.208. The number of nitrogens with zero attached hydrogens (tertiary/aromatic N) is 4. The second kappa shape index (κ2) is 13.8. The highest BCUT2D eigenvalue weighted by Gasteiger charge is 2.29. The first kappa shape index (κ1) is 33.9. The van der Waals surface area contributed by atoms with Crippen molar-refractivity contribution >= 4 is 55.3 Å². The summed E-state index contributed by atoms with van der Waals surface area (Å²) in [6.45, 7) is -1.47. The molecule has 20 heteroatoms. The molecule has 3 aromatic rings. The Bertz CT molecular complexity index is 1770. The highest BCUT2D eigenvalue weighted by molar-refractivity contribution is 7.89. The molecule has 0 fully saturated rings. The number of aromatic nitrogens is 3. The van der Waals surface area contributed by atoms with E-state index in [0.29, 0.717) is 15.4 Å². The minimum absolute atomic E-state index is 0.112. The molecule has 0 spiro atoms. The van der Waals surface area contributed by atoms with Gasteiger partial charge in [0.05, 0.1) is 22.9 Å². The third kappa shape index (κ3) is 8.97. The van der Waals surface area contributed by atoms with Crippen LogP contribution in [0.5, 0.6) is 0 Å². The van der Waals surface area contributed by atoms with Gasteiger partial charge >= 0.3 is 0 Å². The Hall–Kier alpha value is -4.56. The van der Waals surface area contributed by atoms with E-state index >= 15 is 0 Å². The zero-order valence-corrected chi connectivity index (χ0v) is 25.0. The zero-order valence-electron chi connectivity index (χ0n) is 22.6. The Kier molecular flexibility index (Phi) is 10.7. The maximum Gasteiger partial charge on any atom is 0.245 e. The first-order chi connectivity index (χ1) is 20.5. The summed E-state index contributed by atoms with van der Waals surface area (Å²) >= 11 is 6.08. The number of carbonyl (C=O) groups is 4. The molecule has 0 unspecified atom stereocenters. The molecular formula is C24H26ClN9O8S2. The van der Waals surface area contributed by atoms with Crippen LogP contribution in [0.25, 0.3) is 0 Å². The van der Waals surface area contributed by atoms with Crippen LogP contribution in [0.4, 0.5) is 0 Å². The van der Waals surface area contributed by atoms with E-state index in [1.807, 2.05) is 4.72 Å². The number of rotatable bonds is 15. The smallest absolute Gasteiger partial charge is 0.245 e. The van der Waals surface area contributed by atoms with E-state index in [9.17, 15) is 36.0 Å². The molecule has 1 aromatic heterocycles. The largest absolute Gasteiger partial charge is 0.369 e. The third-order valence-corrected chi connectivity index (χ3v) is 9.14. The van der Waals surface area contributed by atoms with Crippen LogP contribution in [0.2, 0.25) is 5.28 Å². The standard InChI is InChI=1S/C24H26ClN9O8S2/c25-24-31-19(9-13-1-5-15(6-2-13)43(39,40)33-21(22(28)37)23(29)38)30-20(32-24)10-14-3-7-16(8-4-14)44(41,42)34(11-17(26)35)12-18(27)36/h1-8,21,33H,9-12H2,(H2,26,35)(H2,27,36)(H2,28,37)(H2,29,38). The molecule has 9 N–H and O–H groups in total. The van der Waals surface area contributed by atoms with Crippen molar-refractivity contribution in [3.63, 3.8) is 0 Å². The van der Waals surface area contributed by atoms with Crippen LogP contribution in [0, 0.1) is 0 Å². The van der Waals surface area contributed by atoms with E-state index in [1.54, 1.807) is 0 Å². The summed E-state index contributed by atoms with van der Waals surface area (Å²) in [4.78, 5) is 57.3. The molecule has 0 atom stereocenters. The molecule has 0 saturated heterocycles. The van der Waals surface area contributed by atoms with Crippen molar-refractivity contribution in [2.75, 3.05) is 13.1 Å². The van der Waals surface area contributed by atoms with Crippen molar-refractivity contribution in [1.29, 1.82) is 0 Å². The summed E-state index contributed by atoms with van der Waals surface area (Å²) in [5, 5.41) is -0.120. The maximum absolute atomic E-state index is 12.9. The number of benzene rings is 2. The maximum atomic E-state index is 12.9. The average molecular weight is 668 g/mol. The summed E-state index contributed by atoms with van der Waals surface area (Å²) in [5.41, 5.74) is 21.4. The van der Waals surface area contributed by atoms with E-state index in [1.165, 1.54) is 48.5 Å². The van der Waals surface area contributed by atoms with Gasteiger partial charge in [0, 0.05) is 12.8 Å². The first-order valence-electron chi connectivity index (χ1n) is 12.2. The van der Waals surface area contributed by atoms with Crippen molar-refractivity contribution in [3.8, 4) is 0 Å². The van der Waals surface area contributed by atoms with Crippen molar-refractivity contribution in [1.82, 2.24) is 24.0 Å². The normalized spacial score (nSPS) is 11.9. The lowest BCUT2D eigenvalue weighted by molar-refractivity contribution is -0.128. The van der Waals surface area contributed by atoms with Crippen LogP contribution in [0.15, 0.2) is 58.3 Å². The molecular weight excluding hydrogens is 642 g/mol. The van der Waals surface area contributed by atoms with Crippen LogP contribution in [-0.2, 0) is 52.1 Å². The van der Waals surface area contributed by atoms with Gasteiger partial charge in [0.25, 0.3) is 0 Å². The molecule has 0 aliphatic heterocycles. The number of carbonyl (C=O) groups excluding carboxylic acids is 4. The molecule has 0 radical (unpaired) electrons. The number of halogens is 1. The van der Waals surface area contributed by atoms with Crippen LogP contribution in [0.3, 0.4) is 0 Å². The number of nitrogens with one attached hydrogen (secondary N) is 1. The van der Waals surface area contributed by atoms with E-state index in [0.717, 1.165) is 0 Å². The van der Waals surface area contributed by atoms with Crippen molar-refractivity contribution in [2.45, 2.75) is 28.7 Å². The molecule has 2 aromatic carbocycles. The van der Waals surface area contributed by atoms with Gasteiger partial charge in [0.2, 0.25) is 49.0 Å². The predicted octanol–water partition coefficient (Wildman–Crippen LogP) is -2.71. The molecule has 17 nitrogen and oxygen atoms in total. The molecule has 4 amide bonds. The SMILES string of the molecule is NC(=O)CN(CC(N)=O)S(=O)(=O)c1ccc(Cc2nc(Cl)nc(Cc3ccc(S(=O)(=O)NC(C(N)=O)C(N)=O)cc3)n2)cc1. The molecule has 0 saturated carbocycles. The highest BCUT2D eigenvalue weighted by atomic mass is 35.5. The average Bonchev–Trinajstić information content (AvgIpc) is 2.91. The number of amides is 4. The van der Waals surface area contributed by atoms with Gasteiger partial charge in [-0.05, 0) is 47.0 Å². The number of hydrogen-bond donors (Lipinski definition) is 5. The Morgan fingerprint density at radius 1 is 0.705 bits per heavy atom. The van der Waals surface area contributed by atoms with E-state index in [2.05, 4.69) is 15.0 Å². The van der Waals surface area contributed by atoms with Gasteiger partial charge in [-0.2, -0.15) is 9.03 Å². The van der Waals surface area contributed by atoms with Gasteiger partial charge in [-0.15, -0.1) is 0 Å². The van der Waals surface area contributed by atoms with Gasteiger partial charge in [-0.1, -0.05) is 24.3 Å². The van der Waals surface area contributed by atoms with E-state index in [4.69, 9.17) is 34.5 Å². The number of nitrogens with two attached hydrogens (primary N) is 4. The molecule has 1 heterocycles. The van der Waals surface area contributed by atoms with Crippen LogP contribution < -0.4 is 27.7 Å². The van der Waals surface area contributed by atoms with Crippen LogP contribution >= 0.6 is 11.6 Å². The number of hydrogen-bond acceptors (Lipinski definition) is 11.